The molecule has 2 heterocycles. The summed E-state index contributed by atoms with van der Waals surface area (Å²) in [5.41, 5.74) is 2.50. The van der Waals surface area contributed by atoms with E-state index >= 15 is 0 Å². The van der Waals surface area contributed by atoms with Crippen LogP contribution in [0.5, 0.6) is 0 Å². The van der Waals surface area contributed by atoms with Crippen molar-refractivity contribution in [1.29, 1.82) is 0 Å². The lowest BCUT2D eigenvalue weighted by atomic mass is 10.2. The minimum atomic E-state index is 0.610. The van der Waals surface area contributed by atoms with Gasteiger partial charge in [-0.25, -0.2) is 0 Å². The number of hydrogen-bond acceptors (Lipinski definition) is 6. The molecule has 0 aliphatic heterocycles. The van der Waals surface area contributed by atoms with Gasteiger partial charge in [0, 0.05) is 10.6 Å². The number of hydrogen-bond donors (Lipinski definition) is 0. The summed E-state index contributed by atoms with van der Waals surface area (Å²) in [6, 6.07) is 7.28. The molecule has 2 aromatic heterocycles. The smallest absolute Gasteiger partial charge is 0.163 e. The predicted molar refractivity (Wildman–Crippen MR) is 63.1 cm³/mol. The van der Waals surface area contributed by atoms with Crippen LogP contribution < -0.4 is 0 Å². The zero-order valence-corrected chi connectivity index (χ0v) is 9.93. The van der Waals surface area contributed by atoms with E-state index < -0.39 is 0 Å². The Morgan fingerprint density at radius 1 is 1.12 bits per heavy atom. The molecule has 0 saturated carbocycles. The van der Waals surface area contributed by atoms with Gasteiger partial charge in [-0.3, -0.25) is 0 Å². The Kier molecular flexibility index (Phi) is 2.54. The van der Waals surface area contributed by atoms with Crippen molar-refractivity contribution < 1.29 is 0 Å². The van der Waals surface area contributed by atoms with Crippen LogP contribution in [-0.4, -0.2) is 30.4 Å². The highest BCUT2D eigenvalue weighted by Crippen LogP contribution is 2.21. The third-order valence-electron chi connectivity index (χ3n) is 2.10. The number of halogens is 1. The fourth-order valence-corrected chi connectivity index (χ4v) is 1.99. The molecule has 0 radical (unpaired) electrons. The van der Waals surface area contributed by atoms with Gasteiger partial charge in [-0.2, -0.15) is 4.68 Å². The van der Waals surface area contributed by atoms with E-state index in [2.05, 4.69) is 25.7 Å². The summed E-state index contributed by atoms with van der Waals surface area (Å²) in [5, 5.41) is 20.5. The van der Waals surface area contributed by atoms with Gasteiger partial charge in [0.1, 0.15) is 5.51 Å². The number of nitrogens with zero attached hydrogens (tertiary/aromatic N) is 6. The maximum Gasteiger partial charge on any atom is 0.236 e. The molecule has 6 nitrogen and oxygen atoms in total. The molecular formula is C9H5ClN6S. The normalized spacial score (nSPS) is 10.6. The Balaban J connectivity index is 2.10. The topological polar surface area (TPSA) is 69.4 Å². The van der Waals surface area contributed by atoms with Crippen LogP contribution in [0.2, 0.25) is 5.02 Å². The van der Waals surface area contributed by atoms with Gasteiger partial charge in [-0.05, 0) is 34.7 Å². The average molecular weight is 265 g/mol. The van der Waals surface area contributed by atoms with E-state index in [0.29, 0.717) is 16.0 Å². The van der Waals surface area contributed by atoms with E-state index in [1.165, 1.54) is 11.3 Å². The van der Waals surface area contributed by atoms with Crippen molar-refractivity contribution in [3.63, 3.8) is 0 Å². The molecule has 0 fully saturated rings. The summed E-state index contributed by atoms with van der Waals surface area (Å²) in [4.78, 5) is 0. The quantitative estimate of drug-likeness (QED) is 0.706. The Labute approximate surface area is 105 Å². The van der Waals surface area contributed by atoms with E-state index in [1.807, 2.05) is 12.1 Å². The second kappa shape index (κ2) is 4.19. The van der Waals surface area contributed by atoms with Gasteiger partial charge >= 0.3 is 0 Å². The van der Waals surface area contributed by atoms with E-state index in [9.17, 15) is 0 Å². The number of tetrazole rings is 1. The van der Waals surface area contributed by atoms with Crippen LogP contribution in [-0.2, 0) is 0 Å². The first-order valence-corrected chi connectivity index (χ1v) is 5.91. The maximum atomic E-state index is 5.83. The molecular weight excluding hydrogens is 260 g/mol. The molecule has 0 atom stereocenters. The molecule has 0 amide bonds. The summed E-state index contributed by atoms with van der Waals surface area (Å²) in [6.07, 6.45) is 0. The average Bonchev–Trinajstić information content (AvgIpc) is 3.00. The highest BCUT2D eigenvalue weighted by Gasteiger charge is 2.12. The third-order valence-corrected chi connectivity index (χ3v) is 3.02. The van der Waals surface area contributed by atoms with E-state index in [4.69, 9.17) is 11.6 Å². The lowest BCUT2D eigenvalue weighted by molar-refractivity contribution is 0.776. The minimum absolute atomic E-state index is 0.610. The standard InChI is InChI=1S/C9H5ClN6S/c10-7-3-1-6(2-4-7)8-12-14-15-16(8)9-13-11-5-17-9/h1-5H. The van der Waals surface area contributed by atoms with Crippen LogP contribution in [0.15, 0.2) is 29.8 Å². The molecule has 3 aromatic rings. The molecule has 8 heteroatoms. The highest BCUT2D eigenvalue weighted by atomic mass is 35.5. The number of aromatic nitrogens is 6. The summed E-state index contributed by atoms with van der Waals surface area (Å²) in [6.45, 7) is 0. The monoisotopic (exact) mass is 264 g/mol. The fourth-order valence-electron chi connectivity index (χ4n) is 1.35. The third kappa shape index (κ3) is 1.90. The van der Waals surface area contributed by atoms with Gasteiger partial charge in [0.05, 0.1) is 0 Å². The van der Waals surface area contributed by atoms with Crippen LogP contribution in [0.3, 0.4) is 0 Å². The molecule has 0 aliphatic rings. The molecule has 84 valence electrons. The van der Waals surface area contributed by atoms with Crippen LogP contribution in [0.25, 0.3) is 16.5 Å². The van der Waals surface area contributed by atoms with Crippen molar-refractivity contribution in [3.05, 3.63) is 34.8 Å². The van der Waals surface area contributed by atoms with E-state index in [1.54, 1.807) is 22.3 Å². The maximum absolute atomic E-state index is 5.83. The van der Waals surface area contributed by atoms with E-state index in [0.717, 1.165) is 5.56 Å². The Morgan fingerprint density at radius 2 is 1.94 bits per heavy atom. The summed E-state index contributed by atoms with van der Waals surface area (Å²) in [5.74, 6) is 0.610. The molecule has 0 unspecified atom stereocenters. The fraction of sp³-hybridized carbons (Fsp3) is 0. The molecule has 0 aliphatic carbocycles. The Hall–Kier alpha value is -1.86. The summed E-state index contributed by atoms with van der Waals surface area (Å²) in [7, 11) is 0. The lowest BCUT2D eigenvalue weighted by Crippen LogP contribution is -1.99. The van der Waals surface area contributed by atoms with Crippen molar-refractivity contribution in [1.82, 2.24) is 30.4 Å². The minimum Gasteiger partial charge on any atom is -0.163 e. The van der Waals surface area contributed by atoms with Gasteiger partial charge in [0.15, 0.2) is 5.82 Å². The predicted octanol–water partition coefficient (Wildman–Crippen LogP) is 1.83. The molecule has 0 saturated heterocycles. The highest BCUT2D eigenvalue weighted by molar-refractivity contribution is 7.11. The van der Waals surface area contributed by atoms with Gasteiger partial charge in [0.25, 0.3) is 0 Å². The molecule has 0 N–H and O–H groups in total. The molecule has 17 heavy (non-hydrogen) atoms. The Morgan fingerprint density at radius 3 is 2.65 bits per heavy atom. The number of rotatable bonds is 2. The first-order chi connectivity index (χ1) is 8.34. The van der Waals surface area contributed by atoms with Gasteiger partial charge in [-0.15, -0.1) is 15.3 Å². The number of benzene rings is 1. The van der Waals surface area contributed by atoms with Gasteiger partial charge in [-0.1, -0.05) is 22.9 Å². The summed E-state index contributed by atoms with van der Waals surface area (Å²) < 4.78 is 1.54. The largest absolute Gasteiger partial charge is 0.236 e. The zero-order valence-electron chi connectivity index (χ0n) is 8.36. The van der Waals surface area contributed by atoms with Crippen molar-refractivity contribution in [2.45, 2.75) is 0 Å². The van der Waals surface area contributed by atoms with Crippen LogP contribution in [0.1, 0.15) is 0 Å². The molecule has 3 rings (SSSR count). The lowest BCUT2D eigenvalue weighted by Gasteiger charge is -1.99. The van der Waals surface area contributed by atoms with Crippen molar-refractivity contribution in [2.24, 2.45) is 0 Å². The first-order valence-electron chi connectivity index (χ1n) is 4.65. The SMILES string of the molecule is Clc1ccc(-c2nnnn2-c2nncs2)cc1. The van der Waals surface area contributed by atoms with Crippen LogP contribution in [0, 0.1) is 0 Å². The second-order valence-corrected chi connectivity index (χ2v) is 4.39. The van der Waals surface area contributed by atoms with Crippen molar-refractivity contribution >= 4 is 22.9 Å². The van der Waals surface area contributed by atoms with Crippen LogP contribution >= 0.6 is 22.9 Å². The molecule has 0 spiro atoms. The van der Waals surface area contributed by atoms with Crippen molar-refractivity contribution in [3.8, 4) is 16.5 Å². The van der Waals surface area contributed by atoms with Gasteiger partial charge < -0.3 is 0 Å². The van der Waals surface area contributed by atoms with Gasteiger partial charge in [0.2, 0.25) is 5.13 Å². The zero-order chi connectivity index (χ0) is 11.7. The Bertz CT molecular complexity index is 617. The molecule has 1 aromatic carbocycles. The summed E-state index contributed by atoms with van der Waals surface area (Å²) >= 11 is 7.20. The van der Waals surface area contributed by atoms with E-state index in [-0.39, 0.29) is 0 Å². The van der Waals surface area contributed by atoms with Crippen molar-refractivity contribution in [2.75, 3.05) is 0 Å². The molecule has 0 bridgehead atoms. The second-order valence-electron chi connectivity index (χ2n) is 3.14. The first kappa shape index (κ1) is 10.3. The van der Waals surface area contributed by atoms with Crippen LogP contribution in [0.4, 0.5) is 0 Å².